The van der Waals surface area contributed by atoms with E-state index >= 15 is 0 Å². The van der Waals surface area contributed by atoms with Gasteiger partial charge in [-0.1, -0.05) is 54.1 Å². The molecule has 0 bridgehead atoms. The summed E-state index contributed by atoms with van der Waals surface area (Å²) in [6.45, 7) is 5.47. The molecule has 5 nitrogen and oxygen atoms in total. The summed E-state index contributed by atoms with van der Waals surface area (Å²) in [5.41, 5.74) is 6.12. The SMILES string of the molecule is Cc1ccc(N(CC(=O)N[C@H](C)c2ccc3c(c2)CCCC3)S(=O)(=O)c2ccccc2)c(C)c1. The molecule has 3 aromatic carbocycles. The second-order valence-corrected chi connectivity index (χ2v) is 11.0. The van der Waals surface area contributed by atoms with Crippen molar-refractivity contribution in [3.05, 3.63) is 94.5 Å². The number of rotatable bonds is 7. The molecule has 0 saturated heterocycles. The van der Waals surface area contributed by atoms with Crippen molar-refractivity contribution in [2.45, 2.75) is 57.4 Å². The van der Waals surface area contributed by atoms with Crippen LogP contribution in [0, 0.1) is 13.8 Å². The zero-order chi connectivity index (χ0) is 24.3. The quantitative estimate of drug-likeness (QED) is 0.506. The van der Waals surface area contributed by atoms with Crippen molar-refractivity contribution < 1.29 is 13.2 Å². The van der Waals surface area contributed by atoms with Crippen molar-refractivity contribution in [3.63, 3.8) is 0 Å². The van der Waals surface area contributed by atoms with Crippen molar-refractivity contribution in [1.82, 2.24) is 5.32 Å². The highest BCUT2D eigenvalue weighted by Gasteiger charge is 2.28. The summed E-state index contributed by atoms with van der Waals surface area (Å²) in [6, 6.07) is 20.0. The van der Waals surface area contributed by atoms with Gasteiger partial charge in [0.15, 0.2) is 0 Å². The van der Waals surface area contributed by atoms with Crippen LogP contribution in [-0.4, -0.2) is 20.9 Å². The van der Waals surface area contributed by atoms with Gasteiger partial charge in [-0.2, -0.15) is 0 Å². The highest BCUT2D eigenvalue weighted by atomic mass is 32.2. The normalized spacial score (nSPS) is 14.2. The number of hydrogen-bond acceptors (Lipinski definition) is 3. The number of carbonyl (C=O) groups is 1. The molecule has 0 saturated carbocycles. The molecule has 0 aliphatic heterocycles. The zero-order valence-corrected chi connectivity index (χ0v) is 20.9. The second kappa shape index (κ2) is 10.0. The van der Waals surface area contributed by atoms with E-state index in [1.165, 1.54) is 28.3 Å². The van der Waals surface area contributed by atoms with Crippen LogP contribution in [0.15, 0.2) is 71.6 Å². The van der Waals surface area contributed by atoms with E-state index in [0.717, 1.165) is 29.5 Å². The van der Waals surface area contributed by atoms with Gasteiger partial charge in [-0.15, -0.1) is 0 Å². The first-order valence-electron chi connectivity index (χ1n) is 11.8. The first-order valence-corrected chi connectivity index (χ1v) is 13.3. The summed E-state index contributed by atoms with van der Waals surface area (Å²) in [5, 5.41) is 3.01. The lowest BCUT2D eigenvalue weighted by Gasteiger charge is -2.27. The number of amides is 1. The number of sulfonamides is 1. The van der Waals surface area contributed by atoms with E-state index in [4.69, 9.17) is 0 Å². The first kappa shape index (κ1) is 24.0. The summed E-state index contributed by atoms with van der Waals surface area (Å²) in [7, 11) is -3.92. The van der Waals surface area contributed by atoms with Crippen LogP contribution in [0.3, 0.4) is 0 Å². The Bertz CT molecular complexity index is 1290. The van der Waals surface area contributed by atoms with Crippen molar-refractivity contribution in [1.29, 1.82) is 0 Å². The number of benzene rings is 3. The number of nitrogens with zero attached hydrogens (tertiary/aromatic N) is 1. The molecule has 0 aromatic heterocycles. The van der Waals surface area contributed by atoms with Gasteiger partial charge in [-0.3, -0.25) is 9.10 Å². The highest BCUT2D eigenvalue weighted by molar-refractivity contribution is 7.92. The van der Waals surface area contributed by atoms with E-state index in [1.54, 1.807) is 36.4 Å². The van der Waals surface area contributed by atoms with Gasteiger partial charge in [-0.25, -0.2) is 8.42 Å². The Balaban J connectivity index is 1.59. The molecule has 0 fully saturated rings. The minimum atomic E-state index is -3.92. The average Bonchev–Trinajstić information content (AvgIpc) is 2.83. The number of anilines is 1. The first-order chi connectivity index (χ1) is 16.3. The van der Waals surface area contributed by atoms with Crippen LogP contribution in [0.25, 0.3) is 0 Å². The smallest absolute Gasteiger partial charge is 0.264 e. The number of carbonyl (C=O) groups excluding carboxylic acids is 1. The summed E-state index contributed by atoms with van der Waals surface area (Å²) in [5.74, 6) is -0.343. The molecule has 178 valence electrons. The van der Waals surface area contributed by atoms with Crippen LogP contribution >= 0.6 is 0 Å². The van der Waals surface area contributed by atoms with Gasteiger partial charge in [0.1, 0.15) is 6.54 Å². The second-order valence-electron chi connectivity index (χ2n) is 9.14. The van der Waals surface area contributed by atoms with E-state index < -0.39 is 10.0 Å². The maximum absolute atomic E-state index is 13.6. The predicted molar refractivity (Wildman–Crippen MR) is 137 cm³/mol. The fourth-order valence-corrected chi connectivity index (χ4v) is 6.13. The van der Waals surface area contributed by atoms with E-state index in [9.17, 15) is 13.2 Å². The number of aryl methyl sites for hydroxylation is 4. The van der Waals surface area contributed by atoms with Crippen LogP contribution in [0.1, 0.15) is 53.6 Å². The molecule has 34 heavy (non-hydrogen) atoms. The molecule has 0 spiro atoms. The maximum atomic E-state index is 13.6. The fourth-order valence-electron chi connectivity index (χ4n) is 4.63. The molecule has 3 aromatic rings. The van der Waals surface area contributed by atoms with Gasteiger partial charge in [0.2, 0.25) is 5.91 Å². The van der Waals surface area contributed by atoms with Crippen LogP contribution < -0.4 is 9.62 Å². The molecule has 0 unspecified atom stereocenters. The van der Waals surface area contributed by atoms with Crippen molar-refractivity contribution in [3.8, 4) is 0 Å². The molecule has 1 atom stereocenters. The molecule has 1 aliphatic rings. The monoisotopic (exact) mass is 476 g/mol. The van der Waals surface area contributed by atoms with Gasteiger partial charge in [0, 0.05) is 0 Å². The van der Waals surface area contributed by atoms with E-state index in [-0.39, 0.29) is 23.4 Å². The van der Waals surface area contributed by atoms with E-state index in [1.807, 2.05) is 32.9 Å². The third-order valence-electron chi connectivity index (χ3n) is 6.49. The molecule has 1 N–H and O–H groups in total. The lowest BCUT2D eigenvalue weighted by atomic mass is 9.89. The van der Waals surface area contributed by atoms with Crippen LogP contribution in [0.2, 0.25) is 0 Å². The Morgan fingerprint density at radius 2 is 1.65 bits per heavy atom. The van der Waals surface area contributed by atoms with E-state index in [0.29, 0.717) is 5.69 Å². The Morgan fingerprint density at radius 3 is 2.35 bits per heavy atom. The average molecular weight is 477 g/mol. The molecular weight excluding hydrogens is 444 g/mol. The van der Waals surface area contributed by atoms with Gasteiger partial charge < -0.3 is 5.32 Å². The standard InChI is InChI=1S/C28H32N2O3S/c1-20-13-16-27(21(2)17-20)30(34(32,33)26-11-5-4-6-12-26)19-28(31)29-22(3)24-15-14-23-9-7-8-10-25(23)18-24/h4-6,11-18,22H,7-10,19H2,1-3H3,(H,29,31)/t22-/m1/s1. The number of nitrogens with one attached hydrogen (secondary N) is 1. The molecule has 4 rings (SSSR count). The molecule has 1 amide bonds. The molecule has 0 heterocycles. The fraction of sp³-hybridized carbons (Fsp3) is 0.321. The van der Waals surface area contributed by atoms with E-state index in [2.05, 4.69) is 23.5 Å². The van der Waals surface area contributed by atoms with Crippen LogP contribution in [0.4, 0.5) is 5.69 Å². The largest absolute Gasteiger partial charge is 0.348 e. The van der Waals surface area contributed by atoms with Gasteiger partial charge in [0.25, 0.3) is 10.0 Å². The summed E-state index contributed by atoms with van der Waals surface area (Å²) in [6.07, 6.45) is 4.60. The number of fused-ring (bicyclic) bond motifs is 1. The summed E-state index contributed by atoms with van der Waals surface area (Å²) in [4.78, 5) is 13.3. The van der Waals surface area contributed by atoms with Gasteiger partial charge in [-0.05, 0) is 86.9 Å². The minimum absolute atomic E-state index is 0.158. The van der Waals surface area contributed by atoms with Crippen molar-refractivity contribution in [2.75, 3.05) is 10.8 Å². The van der Waals surface area contributed by atoms with Gasteiger partial charge >= 0.3 is 0 Å². The Morgan fingerprint density at radius 1 is 0.941 bits per heavy atom. The summed E-state index contributed by atoms with van der Waals surface area (Å²) < 4.78 is 28.3. The van der Waals surface area contributed by atoms with Crippen molar-refractivity contribution in [2.24, 2.45) is 0 Å². The molecular formula is C28H32N2O3S. The summed E-state index contributed by atoms with van der Waals surface area (Å²) >= 11 is 0. The maximum Gasteiger partial charge on any atom is 0.264 e. The third-order valence-corrected chi connectivity index (χ3v) is 8.26. The predicted octanol–water partition coefficient (Wildman–Crippen LogP) is 5.25. The Labute approximate surface area is 202 Å². The third kappa shape index (κ3) is 5.17. The Kier molecular flexibility index (Phi) is 7.08. The number of hydrogen-bond donors (Lipinski definition) is 1. The lowest BCUT2D eigenvalue weighted by Crippen LogP contribution is -2.42. The topological polar surface area (TPSA) is 66.5 Å². The molecule has 0 radical (unpaired) electrons. The molecule has 6 heteroatoms. The van der Waals surface area contributed by atoms with Crippen LogP contribution in [-0.2, 0) is 27.7 Å². The van der Waals surface area contributed by atoms with Crippen molar-refractivity contribution >= 4 is 21.6 Å². The minimum Gasteiger partial charge on any atom is -0.348 e. The highest BCUT2D eigenvalue weighted by Crippen LogP contribution is 2.28. The van der Waals surface area contributed by atoms with Gasteiger partial charge in [0.05, 0.1) is 16.6 Å². The zero-order valence-electron chi connectivity index (χ0n) is 20.0. The Hall–Kier alpha value is -3.12. The molecule has 1 aliphatic carbocycles. The van der Waals surface area contributed by atoms with Crippen LogP contribution in [0.5, 0.6) is 0 Å². The lowest BCUT2D eigenvalue weighted by molar-refractivity contribution is -0.120.